The summed E-state index contributed by atoms with van der Waals surface area (Å²) in [7, 11) is 0. The van der Waals surface area contributed by atoms with E-state index in [4.69, 9.17) is 4.74 Å². The number of nitrogens with one attached hydrogen (secondary N) is 3. The van der Waals surface area contributed by atoms with Gasteiger partial charge in [0.15, 0.2) is 17.5 Å². The molecule has 0 saturated carbocycles. The van der Waals surface area contributed by atoms with Crippen molar-refractivity contribution in [2.24, 2.45) is 0 Å². The van der Waals surface area contributed by atoms with E-state index in [1.165, 1.54) is 4.68 Å². The van der Waals surface area contributed by atoms with Gasteiger partial charge < -0.3 is 15.0 Å². The fourth-order valence-electron chi connectivity index (χ4n) is 4.25. The van der Waals surface area contributed by atoms with Gasteiger partial charge in [-0.3, -0.25) is 15.3 Å². The minimum absolute atomic E-state index is 0.184. The van der Waals surface area contributed by atoms with Gasteiger partial charge >= 0.3 is 0 Å². The maximum atomic E-state index is 13.3. The molecule has 0 aliphatic carbocycles. The van der Waals surface area contributed by atoms with Gasteiger partial charge in [0.1, 0.15) is 0 Å². The minimum atomic E-state index is -0.184. The second kappa shape index (κ2) is 9.19. The van der Waals surface area contributed by atoms with Crippen molar-refractivity contribution in [2.45, 2.75) is 6.92 Å². The van der Waals surface area contributed by atoms with Gasteiger partial charge in [-0.05, 0) is 37.3 Å². The monoisotopic (exact) mass is 483 g/mol. The van der Waals surface area contributed by atoms with Gasteiger partial charge in [-0.2, -0.15) is 14.6 Å². The lowest BCUT2D eigenvalue weighted by molar-refractivity contribution is 0.122. The molecular weight excluding hydrogens is 458 g/mol. The second-order valence-electron chi connectivity index (χ2n) is 8.55. The number of rotatable bonds is 6. The van der Waals surface area contributed by atoms with E-state index in [-0.39, 0.29) is 5.56 Å². The first-order valence-corrected chi connectivity index (χ1v) is 11.7. The van der Waals surface area contributed by atoms with Crippen molar-refractivity contribution in [3.63, 3.8) is 0 Å². The van der Waals surface area contributed by atoms with Crippen molar-refractivity contribution in [2.75, 3.05) is 41.9 Å². The average molecular weight is 484 g/mol. The number of hydrogen-bond donors (Lipinski definition) is 3. The molecule has 1 fully saturated rings. The van der Waals surface area contributed by atoms with E-state index < -0.39 is 0 Å². The highest BCUT2D eigenvalue weighted by atomic mass is 16.5. The zero-order chi connectivity index (χ0) is 24.5. The SMILES string of the molecule is Cc1cc(Nn2ccc(Nc3nn(-c4ccc(N5CCOCC5)cc4)c(=O)c4ccccc34)n2)n[nH]1. The van der Waals surface area contributed by atoms with Gasteiger partial charge in [0.2, 0.25) is 0 Å². The lowest BCUT2D eigenvalue weighted by atomic mass is 10.2. The Hall–Kier alpha value is -4.64. The van der Waals surface area contributed by atoms with E-state index in [1.54, 1.807) is 11.0 Å². The number of aromatic nitrogens is 6. The Labute approximate surface area is 206 Å². The number of ether oxygens (including phenoxy) is 1. The Morgan fingerprint density at radius 3 is 2.42 bits per heavy atom. The lowest BCUT2D eigenvalue weighted by Crippen LogP contribution is -2.36. The highest BCUT2D eigenvalue weighted by Crippen LogP contribution is 2.23. The Morgan fingerprint density at radius 2 is 1.67 bits per heavy atom. The van der Waals surface area contributed by atoms with Crippen LogP contribution >= 0.6 is 0 Å². The van der Waals surface area contributed by atoms with Crippen molar-refractivity contribution in [1.82, 2.24) is 29.9 Å². The summed E-state index contributed by atoms with van der Waals surface area (Å²) in [6.45, 7) is 5.06. The fraction of sp³-hybridized carbons (Fsp3) is 0.200. The molecule has 11 nitrogen and oxygen atoms in total. The average Bonchev–Trinajstić information content (AvgIpc) is 3.54. The van der Waals surface area contributed by atoms with Gasteiger partial charge in [0.05, 0.1) is 30.5 Å². The van der Waals surface area contributed by atoms with E-state index in [0.29, 0.717) is 33.9 Å². The topological polar surface area (TPSA) is 118 Å². The van der Waals surface area contributed by atoms with Crippen LogP contribution < -0.4 is 21.2 Å². The van der Waals surface area contributed by atoms with Gasteiger partial charge in [-0.25, -0.2) is 0 Å². The van der Waals surface area contributed by atoms with Crippen molar-refractivity contribution in [3.05, 3.63) is 82.9 Å². The molecule has 3 aromatic heterocycles. The van der Waals surface area contributed by atoms with Crippen LogP contribution in [0.25, 0.3) is 16.5 Å². The number of anilines is 4. The zero-order valence-electron chi connectivity index (χ0n) is 19.7. The number of nitrogens with zero attached hydrogens (tertiary/aromatic N) is 6. The van der Waals surface area contributed by atoms with Crippen molar-refractivity contribution in [3.8, 4) is 5.69 Å². The van der Waals surface area contributed by atoms with E-state index in [2.05, 4.69) is 36.0 Å². The number of H-pyrrole nitrogens is 1. The standard InChI is InChI=1S/C25H25N9O2/c1-17-16-23(28-27-17)30-33-11-10-22(29-33)26-24-20-4-2-3-5-21(20)25(35)34(31-24)19-8-6-18(7-9-19)32-12-14-36-15-13-32/h2-11,16H,12-15H2,1H3,(H,26,29,31)(H2,27,28,30). The molecule has 3 N–H and O–H groups in total. The molecule has 5 aromatic rings. The van der Waals surface area contributed by atoms with Crippen LogP contribution in [0.2, 0.25) is 0 Å². The number of aromatic amines is 1. The lowest BCUT2D eigenvalue weighted by Gasteiger charge is -2.28. The van der Waals surface area contributed by atoms with E-state index in [9.17, 15) is 4.79 Å². The number of hydrogen-bond acceptors (Lipinski definition) is 8. The smallest absolute Gasteiger partial charge is 0.279 e. The van der Waals surface area contributed by atoms with Gasteiger partial charge in [-0.1, -0.05) is 18.2 Å². The first kappa shape index (κ1) is 21.9. The molecular formula is C25H25N9O2. The Balaban J connectivity index is 1.32. The molecule has 0 amide bonds. The van der Waals surface area contributed by atoms with Gasteiger partial charge in [0.25, 0.3) is 5.56 Å². The normalized spacial score (nSPS) is 13.8. The summed E-state index contributed by atoms with van der Waals surface area (Å²) in [5, 5.41) is 20.8. The highest BCUT2D eigenvalue weighted by molar-refractivity contribution is 5.92. The van der Waals surface area contributed by atoms with Crippen molar-refractivity contribution in [1.29, 1.82) is 0 Å². The molecule has 1 saturated heterocycles. The Bertz CT molecular complexity index is 1560. The summed E-state index contributed by atoms with van der Waals surface area (Å²) in [5.74, 6) is 1.75. The Kier molecular flexibility index (Phi) is 5.58. The summed E-state index contributed by atoms with van der Waals surface area (Å²) in [5.41, 5.74) is 5.63. The molecule has 11 heteroatoms. The molecule has 0 atom stereocenters. The number of benzene rings is 2. The van der Waals surface area contributed by atoms with Crippen LogP contribution in [0.15, 0.2) is 71.7 Å². The second-order valence-corrected chi connectivity index (χ2v) is 8.55. The highest BCUT2D eigenvalue weighted by Gasteiger charge is 2.15. The minimum Gasteiger partial charge on any atom is -0.378 e. The summed E-state index contributed by atoms with van der Waals surface area (Å²) >= 11 is 0. The molecule has 0 unspecified atom stereocenters. The van der Waals surface area contributed by atoms with E-state index >= 15 is 0 Å². The number of morpholine rings is 1. The first-order valence-electron chi connectivity index (χ1n) is 11.7. The maximum Gasteiger partial charge on any atom is 0.279 e. The Morgan fingerprint density at radius 1 is 0.917 bits per heavy atom. The molecule has 6 rings (SSSR count). The number of aryl methyl sites for hydroxylation is 1. The fourth-order valence-corrected chi connectivity index (χ4v) is 4.25. The van der Waals surface area contributed by atoms with Crippen molar-refractivity contribution < 1.29 is 4.74 Å². The van der Waals surface area contributed by atoms with Crippen molar-refractivity contribution >= 4 is 33.9 Å². The maximum absolute atomic E-state index is 13.3. The summed E-state index contributed by atoms with van der Waals surface area (Å²) in [6, 6.07) is 19.0. The predicted octanol–water partition coefficient (Wildman–Crippen LogP) is 3.07. The molecule has 2 aromatic carbocycles. The predicted molar refractivity (Wildman–Crippen MR) is 138 cm³/mol. The van der Waals surface area contributed by atoms with Crippen LogP contribution in [0.5, 0.6) is 0 Å². The molecule has 36 heavy (non-hydrogen) atoms. The third-order valence-electron chi connectivity index (χ3n) is 6.05. The van der Waals surface area contributed by atoms with E-state index in [1.807, 2.05) is 67.6 Å². The van der Waals surface area contributed by atoms with Crippen LogP contribution in [-0.2, 0) is 4.74 Å². The van der Waals surface area contributed by atoms with Gasteiger partial charge in [-0.15, -0.1) is 10.2 Å². The molecule has 0 radical (unpaired) electrons. The molecule has 0 bridgehead atoms. The first-order chi connectivity index (χ1) is 17.6. The van der Waals surface area contributed by atoms with Crippen LogP contribution in [0.4, 0.5) is 23.1 Å². The number of fused-ring (bicyclic) bond motifs is 1. The summed E-state index contributed by atoms with van der Waals surface area (Å²) in [6.07, 6.45) is 1.77. The van der Waals surface area contributed by atoms with Crippen LogP contribution in [0, 0.1) is 6.92 Å². The van der Waals surface area contributed by atoms with Crippen LogP contribution in [0.3, 0.4) is 0 Å². The van der Waals surface area contributed by atoms with Crippen LogP contribution in [0.1, 0.15) is 5.69 Å². The molecule has 1 aliphatic heterocycles. The molecule has 0 spiro atoms. The zero-order valence-corrected chi connectivity index (χ0v) is 19.7. The van der Waals surface area contributed by atoms with Gasteiger partial charge in [0, 0.05) is 42.0 Å². The quantitative estimate of drug-likeness (QED) is 0.337. The summed E-state index contributed by atoms with van der Waals surface area (Å²) in [4.78, 5) is 17.2. The molecule has 1 aliphatic rings. The third kappa shape index (κ3) is 4.27. The van der Waals surface area contributed by atoms with E-state index in [0.717, 1.165) is 37.7 Å². The largest absolute Gasteiger partial charge is 0.378 e. The van der Waals surface area contributed by atoms with Crippen LogP contribution in [-0.4, -0.2) is 56.2 Å². The molecule has 182 valence electrons. The summed E-state index contributed by atoms with van der Waals surface area (Å²) < 4.78 is 6.87. The molecule has 4 heterocycles. The third-order valence-corrected chi connectivity index (χ3v) is 6.05.